The Morgan fingerprint density at radius 3 is 2.11 bits per heavy atom. The van der Waals surface area contributed by atoms with E-state index in [4.69, 9.17) is 5.73 Å². The minimum atomic E-state index is -3.88. The number of halogens is 2. The maximum Gasteiger partial charge on any atom is 0.261 e. The Bertz CT molecular complexity index is 700. The van der Waals surface area contributed by atoms with Crippen molar-refractivity contribution in [2.24, 2.45) is 0 Å². The van der Waals surface area contributed by atoms with E-state index in [0.29, 0.717) is 0 Å². The number of hydrogen-bond acceptors (Lipinski definition) is 3. The van der Waals surface area contributed by atoms with Crippen molar-refractivity contribution in [3.8, 4) is 0 Å². The quantitative estimate of drug-likeness (QED) is 0.850. The number of anilines is 2. The third kappa shape index (κ3) is 3.00. The van der Waals surface area contributed by atoms with Crippen LogP contribution in [0.3, 0.4) is 0 Å². The Balaban J connectivity index is 2.33. The zero-order valence-electron chi connectivity index (χ0n) is 9.60. The van der Waals surface area contributed by atoms with Crippen LogP contribution in [-0.4, -0.2) is 8.42 Å². The van der Waals surface area contributed by atoms with E-state index in [2.05, 4.69) is 4.72 Å². The fourth-order valence-corrected chi connectivity index (χ4v) is 2.53. The largest absolute Gasteiger partial charge is 0.397 e. The maximum absolute atomic E-state index is 12.8. The lowest BCUT2D eigenvalue weighted by atomic mass is 10.3. The zero-order chi connectivity index (χ0) is 14.0. The highest BCUT2D eigenvalue weighted by molar-refractivity contribution is 7.92. The van der Waals surface area contributed by atoms with Crippen molar-refractivity contribution in [1.29, 1.82) is 0 Å². The molecule has 4 nitrogen and oxygen atoms in total. The van der Waals surface area contributed by atoms with Gasteiger partial charge in [0.25, 0.3) is 10.0 Å². The van der Waals surface area contributed by atoms with E-state index in [1.165, 1.54) is 6.07 Å². The molecule has 2 aromatic rings. The summed E-state index contributed by atoms with van der Waals surface area (Å²) in [6.45, 7) is 0. The highest BCUT2D eigenvalue weighted by Gasteiger charge is 2.15. The van der Waals surface area contributed by atoms with Crippen LogP contribution in [0.1, 0.15) is 0 Å². The van der Waals surface area contributed by atoms with Crippen LogP contribution >= 0.6 is 0 Å². The van der Waals surface area contributed by atoms with Crippen molar-refractivity contribution in [2.45, 2.75) is 4.90 Å². The number of rotatable bonds is 3. The molecule has 0 radical (unpaired) electrons. The Morgan fingerprint density at radius 1 is 0.947 bits per heavy atom. The van der Waals surface area contributed by atoms with Crippen LogP contribution in [0, 0.1) is 11.6 Å². The molecular formula is C12H10F2N2O2S. The van der Waals surface area contributed by atoms with E-state index in [1.807, 2.05) is 0 Å². The van der Waals surface area contributed by atoms with E-state index in [1.54, 1.807) is 0 Å². The van der Waals surface area contributed by atoms with Gasteiger partial charge in [0, 0.05) is 0 Å². The van der Waals surface area contributed by atoms with Gasteiger partial charge >= 0.3 is 0 Å². The summed E-state index contributed by atoms with van der Waals surface area (Å²) in [5.41, 5.74) is 5.53. The van der Waals surface area contributed by atoms with Crippen molar-refractivity contribution in [3.05, 3.63) is 54.1 Å². The minimum absolute atomic E-state index is 0.0364. The summed E-state index contributed by atoms with van der Waals surface area (Å²) in [6, 6.07) is 7.60. The molecule has 2 aromatic carbocycles. The molecule has 19 heavy (non-hydrogen) atoms. The molecule has 7 heteroatoms. The number of sulfonamides is 1. The molecule has 0 aromatic heterocycles. The van der Waals surface area contributed by atoms with E-state index in [9.17, 15) is 17.2 Å². The van der Waals surface area contributed by atoms with Gasteiger partial charge in [-0.3, -0.25) is 4.72 Å². The van der Waals surface area contributed by atoms with E-state index >= 15 is 0 Å². The molecule has 0 atom stereocenters. The second kappa shape index (κ2) is 4.85. The van der Waals surface area contributed by atoms with Gasteiger partial charge in [0.1, 0.15) is 11.6 Å². The van der Waals surface area contributed by atoms with Crippen LogP contribution < -0.4 is 10.5 Å². The Morgan fingerprint density at radius 2 is 1.53 bits per heavy atom. The summed E-state index contributed by atoms with van der Waals surface area (Å²) in [4.78, 5) is -0.113. The lowest BCUT2D eigenvalue weighted by Gasteiger charge is -2.10. The minimum Gasteiger partial charge on any atom is -0.397 e. The summed E-state index contributed by atoms with van der Waals surface area (Å²) in [6.07, 6.45) is 0. The zero-order valence-corrected chi connectivity index (χ0v) is 10.4. The van der Waals surface area contributed by atoms with Crippen LogP contribution in [0.5, 0.6) is 0 Å². The SMILES string of the molecule is Nc1cc(F)ccc1NS(=O)(=O)c1ccc(F)cc1. The smallest absolute Gasteiger partial charge is 0.261 e. The Hall–Kier alpha value is -2.15. The highest BCUT2D eigenvalue weighted by atomic mass is 32.2. The molecule has 0 heterocycles. The van der Waals surface area contributed by atoms with Gasteiger partial charge in [-0.2, -0.15) is 0 Å². The van der Waals surface area contributed by atoms with Crippen molar-refractivity contribution in [1.82, 2.24) is 0 Å². The molecule has 3 N–H and O–H groups in total. The van der Waals surface area contributed by atoms with E-state index in [-0.39, 0.29) is 16.3 Å². The predicted octanol–water partition coefficient (Wildman–Crippen LogP) is 2.35. The molecule has 0 aliphatic carbocycles. The number of benzene rings is 2. The molecule has 2 rings (SSSR count). The number of nitrogens with one attached hydrogen (secondary N) is 1. The maximum atomic E-state index is 12.8. The van der Waals surface area contributed by atoms with Gasteiger partial charge in [-0.05, 0) is 42.5 Å². The fraction of sp³-hybridized carbons (Fsp3) is 0. The van der Waals surface area contributed by atoms with Gasteiger partial charge in [0.15, 0.2) is 0 Å². The van der Waals surface area contributed by atoms with Crippen LogP contribution in [0.2, 0.25) is 0 Å². The summed E-state index contributed by atoms with van der Waals surface area (Å²) in [5.74, 6) is -1.11. The second-order valence-corrected chi connectivity index (χ2v) is 5.47. The first kappa shape index (κ1) is 13.3. The first-order chi connectivity index (χ1) is 8.88. The Kier molecular flexibility index (Phi) is 3.39. The third-order valence-corrected chi connectivity index (χ3v) is 3.76. The van der Waals surface area contributed by atoms with Gasteiger partial charge < -0.3 is 5.73 Å². The average molecular weight is 284 g/mol. The summed E-state index contributed by atoms with van der Waals surface area (Å²) in [7, 11) is -3.88. The van der Waals surface area contributed by atoms with Crippen molar-refractivity contribution < 1.29 is 17.2 Å². The number of hydrogen-bond donors (Lipinski definition) is 2. The van der Waals surface area contributed by atoms with Crippen molar-refractivity contribution >= 4 is 21.4 Å². The van der Waals surface area contributed by atoms with Gasteiger partial charge in [-0.25, -0.2) is 17.2 Å². The predicted molar refractivity (Wildman–Crippen MR) is 68.0 cm³/mol. The van der Waals surface area contributed by atoms with Crippen LogP contribution in [0.4, 0.5) is 20.2 Å². The molecule has 0 aliphatic rings. The average Bonchev–Trinajstić information content (AvgIpc) is 2.33. The molecule has 0 spiro atoms. The highest BCUT2D eigenvalue weighted by Crippen LogP contribution is 2.22. The molecule has 0 amide bonds. The molecule has 100 valence electrons. The van der Waals surface area contributed by atoms with Gasteiger partial charge in [0.05, 0.1) is 16.3 Å². The molecule has 0 aliphatic heterocycles. The van der Waals surface area contributed by atoms with Gasteiger partial charge in [-0.1, -0.05) is 0 Å². The molecule has 0 bridgehead atoms. The lowest BCUT2D eigenvalue weighted by molar-refractivity contribution is 0.599. The second-order valence-electron chi connectivity index (χ2n) is 3.79. The van der Waals surface area contributed by atoms with E-state index < -0.39 is 21.7 Å². The fourth-order valence-electron chi connectivity index (χ4n) is 1.44. The lowest BCUT2D eigenvalue weighted by Crippen LogP contribution is -2.14. The third-order valence-electron chi connectivity index (χ3n) is 2.38. The Labute approximate surface area is 108 Å². The standard InChI is InChI=1S/C12H10F2N2O2S/c13-8-1-4-10(5-2-8)19(17,18)16-12-6-3-9(14)7-11(12)15/h1-7,16H,15H2. The molecular weight excluding hydrogens is 274 g/mol. The topological polar surface area (TPSA) is 72.2 Å². The van der Waals surface area contributed by atoms with Crippen molar-refractivity contribution in [2.75, 3.05) is 10.5 Å². The number of nitrogens with two attached hydrogens (primary N) is 1. The molecule has 0 saturated heterocycles. The molecule has 0 fully saturated rings. The molecule has 0 saturated carbocycles. The van der Waals surface area contributed by atoms with Gasteiger partial charge in [0.2, 0.25) is 0 Å². The van der Waals surface area contributed by atoms with Crippen LogP contribution in [-0.2, 0) is 10.0 Å². The summed E-state index contributed by atoms with van der Waals surface area (Å²) >= 11 is 0. The monoisotopic (exact) mass is 284 g/mol. The number of nitrogen functional groups attached to an aromatic ring is 1. The summed E-state index contributed by atoms with van der Waals surface area (Å²) < 4.78 is 51.7. The molecule has 0 unspecified atom stereocenters. The summed E-state index contributed by atoms with van der Waals surface area (Å²) in [5, 5.41) is 0. The first-order valence-corrected chi connectivity index (χ1v) is 6.70. The van der Waals surface area contributed by atoms with Gasteiger partial charge in [-0.15, -0.1) is 0 Å². The normalized spacial score (nSPS) is 11.3. The first-order valence-electron chi connectivity index (χ1n) is 5.22. The van der Waals surface area contributed by atoms with Crippen LogP contribution in [0.25, 0.3) is 0 Å². The van der Waals surface area contributed by atoms with E-state index in [0.717, 1.165) is 36.4 Å². The van der Waals surface area contributed by atoms with Crippen LogP contribution in [0.15, 0.2) is 47.4 Å². The van der Waals surface area contributed by atoms with Crippen molar-refractivity contribution in [3.63, 3.8) is 0 Å².